The number of benzene rings is 1. The highest BCUT2D eigenvalue weighted by Gasteiger charge is 2.54. The maximum Gasteiger partial charge on any atom is 0.251 e. The first-order chi connectivity index (χ1) is 9.53. The Labute approximate surface area is 118 Å². The topological polar surface area (TPSA) is 87.3 Å². The number of piperidine rings is 1. The zero-order valence-corrected chi connectivity index (χ0v) is 11.9. The molecule has 0 spiro atoms. The lowest BCUT2D eigenvalue weighted by atomic mass is 10.2. The van der Waals surface area contributed by atoms with Gasteiger partial charge in [-0.25, -0.2) is 13.1 Å². The predicted octanol–water partition coefficient (Wildman–Crippen LogP) is -0.458. The fourth-order valence-electron chi connectivity index (χ4n) is 2.77. The summed E-state index contributed by atoms with van der Waals surface area (Å²) in [7, 11) is -1.96. The van der Waals surface area contributed by atoms with Crippen LogP contribution in [-0.4, -0.2) is 40.5 Å². The number of rotatable bonds is 4. The number of hydrogen-bond donors (Lipinski definition) is 3. The van der Waals surface area contributed by atoms with Gasteiger partial charge in [0.1, 0.15) is 0 Å². The zero-order valence-electron chi connectivity index (χ0n) is 11.1. The minimum atomic E-state index is -3.50. The summed E-state index contributed by atoms with van der Waals surface area (Å²) < 4.78 is 27.2. The average Bonchev–Trinajstić information content (AvgIpc) is 2.89. The molecule has 1 aliphatic carbocycles. The van der Waals surface area contributed by atoms with Gasteiger partial charge < -0.3 is 10.6 Å². The summed E-state index contributed by atoms with van der Waals surface area (Å²) in [6.45, 7) is 1.76. The Kier molecular flexibility index (Phi) is 3.27. The van der Waals surface area contributed by atoms with Crippen LogP contribution < -0.4 is 15.4 Å². The van der Waals surface area contributed by atoms with Crippen molar-refractivity contribution in [2.45, 2.75) is 10.9 Å². The van der Waals surface area contributed by atoms with E-state index >= 15 is 0 Å². The molecule has 2 fully saturated rings. The third-order valence-electron chi connectivity index (χ3n) is 4.04. The Morgan fingerprint density at radius 1 is 1.20 bits per heavy atom. The van der Waals surface area contributed by atoms with E-state index in [2.05, 4.69) is 15.4 Å². The van der Waals surface area contributed by atoms with E-state index in [1.54, 1.807) is 0 Å². The molecule has 0 radical (unpaired) electrons. The summed E-state index contributed by atoms with van der Waals surface area (Å²) in [4.78, 5) is 11.6. The van der Waals surface area contributed by atoms with Gasteiger partial charge in [-0.1, -0.05) is 0 Å². The van der Waals surface area contributed by atoms with Gasteiger partial charge in [0, 0.05) is 18.7 Å². The van der Waals surface area contributed by atoms with Gasteiger partial charge in [0.15, 0.2) is 0 Å². The van der Waals surface area contributed by atoms with E-state index in [9.17, 15) is 13.2 Å². The second-order valence-electron chi connectivity index (χ2n) is 5.24. The molecule has 1 saturated carbocycles. The summed E-state index contributed by atoms with van der Waals surface area (Å²) in [6, 6.07) is 6.01. The summed E-state index contributed by atoms with van der Waals surface area (Å²) in [5, 5.41) is 5.72. The highest BCUT2D eigenvalue weighted by molar-refractivity contribution is 7.89. The van der Waals surface area contributed by atoms with E-state index in [0.29, 0.717) is 17.4 Å². The molecule has 0 aromatic heterocycles. The molecule has 1 amide bonds. The van der Waals surface area contributed by atoms with Crippen molar-refractivity contribution in [1.29, 1.82) is 0 Å². The van der Waals surface area contributed by atoms with Crippen molar-refractivity contribution < 1.29 is 13.2 Å². The van der Waals surface area contributed by atoms with E-state index in [1.807, 2.05) is 0 Å². The second-order valence-corrected chi connectivity index (χ2v) is 6.95. The minimum Gasteiger partial charge on any atom is -0.355 e. The van der Waals surface area contributed by atoms with Crippen LogP contribution in [-0.2, 0) is 10.0 Å². The first kappa shape index (κ1) is 13.5. The molecule has 2 aliphatic rings. The molecule has 108 valence electrons. The molecule has 1 heterocycles. The van der Waals surface area contributed by atoms with Crippen LogP contribution in [0.25, 0.3) is 0 Å². The summed E-state index contributed by atoms with van der Waals surface area (Å²) >= 11 is 0. The SMILES string of the molecule is CNC(=O)c1ccc(S(=O)(=O)NC2C3CNCC32)cc1. The van der Waals surface area contributed by atoms with Gasteiger partial charge >= 0.3 is 0 Å². The Balaban J connectivity index is 1.73. The molecule has 2 atom stereocenters. The van der Waals surface area contributed by atoms with Gasteiger partial charge in [-0.3, -0.25) is 4.79 Å². The van der Waals surface area contributed by atoms with E-state index in [1.165, 1.54) is 31.3 Å². The molecule has 0 bridgehead atoms. The number of amides is 1. The van der Waals surface area contributed by atoms with Crippen LogP contribution in [0.5, 0.6) is 0 Å². The Morgan fingerprint density at radius 3 is 2.35 bits per heavy atom. The molecule has 7 heteroatoms. The number of fused-ring (bicyclic) bond motifs is 1. The van der Waals surface area contributed by atoms with Crippen molar-refractivity contribution in [3.8, 4) is 0 Å². The molecule has 6 nitrogen and oxygen atoms in total. The zero-order chi connectivity index (χ0) is 14.3. The van der Waals surface area contributed by atoms with Crippen LogP contribution in [0.3, 0.4) is 0 Å². The number of hydrogen-bond acceptors (Lipinski definition) is 4. The van der Waals surface area contributed by atoms with Crippen molar-refractivity contribution >= 4 is 15.9 Å². The fourth-order valence-corrected chi connectivity index (χ4v) is 4.11. The maximum absolute atomic E-state index is 12.2. The van der Waals surface area contributed by atoms with E-state index in [-0.39, 0.29) is 16.8 Å². The quantitative estimate of drug-likeness (QED) is 0.701. The molecule has 3 N–H and O–H groups in total. The largest absolute Gasteiger partial charge is 0.355 e. The molecule has 1 saturated heterocycles. The van der Waals surface area contributed by atoms with Crippen LogP contribution in [0.4, 0.5) is 0 Å². The average molecular weight is 295 g/mol. The predicted molar refractivity (Wildman–Crippen MR) is 73.8 cm³/mol. The van der Waals surface area contributed by atoms with Crippen molar-refractivity contribution in [2.75, 3.05) is 20.1 Å². The maximum atomic E-state index is 12.2. The Hall–Kier alpha value is -1.44. The van der Waals surface area contributed by atoms with Gasteiger partial charge in [-0.15, -0.1) is 0 Å². The van der Waals surface area contributed by atoms with Gasteiger partial charge in [0.25, 0.3) is 5.91 Å². The number of sulfonamides is 1. The molecule has 1 aromatic rings. The van der Waals surface area contributed by atoms with Gasteiger partial charge in [0.2, 0.25) is 10.0 Å². The first-order valence-electron chi connectivity index (χ1n) is 6.58. The second kappa shape index (κ2) is 4.83. The minimum absolute atomic E-state index is 0.0554. The first-order valence-corrected chi connectivity index (χ1v) is 8.06. The number of carbonyl (C=O) groups is 1. The van der Waals surface area contributed by atoms with Crippen molar-refractivity contribution in [3.05, 3.63) is 29.8 Å². The third kappa shape index (κ3) is 2.32. The van der Waals surface area contributed by atoms with Crippen molar-refractivity contribution in [2.24, 2.45) is 11.8 Å². The summed E-state index contributed by atoms with van der Waals surface area (Å²) in [5.41, 5.74) is 0.443. The summed E-state index contributed by atoms with van der Waals surface area (Å²) in [6.07, 6.45) is 0. The van der Waals surface area contributed by atoms with Crippen LogP contribution in [0.15, 0.2) is 29.2 Å². The molecule has 2 unspecified atom stereocenters. The molecule has 1 aromatic carbocycles. The normalized spacial score (nSPS) is 27.9. The van der Waals surface area contributed by atoms with Crippen LogP contribution >= 0.6 is 0 Å². The van der Waals surface area contributed by atoms with Gasteiger partial charge in [-0.2, -0.15) is 0 Å². The smallest absolute Gasteiger partial charge is 0.251 e. The van der Waals surface area contributed by atoms with Gasteiger partial charge in [-0.05, 0) is 49.2 Å². The highest BCUT2D eigenvalue weighted by atomic mass is 32.2. The number of carbonyl (C=O) groups excluding carboxylic acids is 1. The van der Waals surface area contributed by atoms with E-state index in [4.69, 9.17) is 0 Å². The lowest BCUT2D eigenvalue weighted by Crippen LogP contribution is -2.32. The molecular weight excluding hydrogens is 278 g/mol. The van der Waals surface area contributed by atoms with Crippen molar-refractivity contribution in [3.63, 3.8) is 0 Å². The van der Waals surface area contributed by atoms with Crippen LogP contribution in [0, 0.1) is 11.8 Å². The summed E-state index contributed by atoms with van der Waals surface area (Å²) in [5.74, 6) is 0.620. The lowest BCUT2D eigenvalue weighted by Gasteiger charge is -2.09. The Morgan fingerprint density at radius 2 is 1.80 bits per heavy atom. The van der Waals surface area contributed by atoms with Crippen LogP contribution in [0.2, 0.25) is 0 Å². The fraction of sp³-hybridized carbons (Fsp3) is 0.462. The molecule has 20 heavy (non-hydrogen) atoms. The standard InChI is InChI=1S/C13H17N3O3S/c1-14-13(17)8-2-4-9(5-3-8)20(18,19)16-12-10-6-15-7-11(10)12/h2-5,10-12,15-16H,6-7H2,1H3,(H,14,17). The molecule has 1 aliphatic heterocycles. The highest BCUT2D eigenvalue weighted by Crippen LogP contribution is 2.42. The molecule has 3 rings (SSSR count). The number of nitrogens with one attached hydrogen (secondary N) is 3. The van der Waals surface area contributed by atoms with E-state index in [0.717, 1.165) is 13.1 Å². The monoisotopic (exact) mass is 295 g/mol. The Bertz CT molecular complexity index is 617. The van der Waals surface area contributed by atoms with E-state index < -0.39 is 10.0 Å². The van der Waals surface area contributed by atoms with Crippen molar-refractivity contribution in [1.82, 2.24) is 15.4 Å². The van der Waals surface area contributed by atoms with Crippen LogP contribution in [0.1, 0.15) is 10.4 Å². The molecular formula is C13H17N3O3S. The lowest BCUT2D eigenvalue weighted by molar-refractivity contribution is 0.0963. The van der Waals surface area contributed by atoms with Gasteiger partial charge in [0.05, 0.1) is 4.90 Å². The third-order valence-corrected chi connectivity index (χ3v) is 5.51.